The monoisotopic (exact) mass is 234 g/mol. The molecule has 0 aromatic carbocycles. The average molecular weight is 235 g/mol. The number of carbonyl (C=O) groups excluding carboxylic acids is 1. The van der Waals surface area contributed by atoms with Crippen molar-refractivity contribution in [1.82, 2.24) is 4.90 Å². The zero-order valence-corrected chi connectivity index (χ0v) is 9.62. The Morgan fingerprint density at radius 2 is 2.13 bits per heavy atom. The molecule has 1 saturated heterocycles. The summed E-state index contributed by atoms with van der Waals surface area (Å²) in [6.45, 7) is 2.48. The van der Waals surface area contributed by atoms with E-state index in [1.54, 1.807) is 0 Å². The van der Waals surface area contributed by atoms with E-state index in [4.69, 9.17) is 17.3 Å². The fourth-order valence-corrected chi connectivity index (χ4v) is 2.10. The largest absolute Gasteiger partial charge is 0.391 e. The standard InChI is InChI=1S/C10H19ClN2O2/c11-6-9(14)7-13-3-1-8(2-4-13)5-10(12)15/h8-9,14H,1-7H2,(H2,12,15). The molecule has 1 unspecified atom stereocenters. The Kier molecular flexibility index (Phi) is 5.36. The molecule has 0 bridgehead atoms. The lowest BCUT2D eigenvalue weighted by atomic mass is 9.93. The highest BCUT2D eigenvalue weighted by molar-refractivity contribution is 6.18. The van der Waals surface area contributed by atoms with E-state index >= 15 is 0 Å². The molecule has 0 aromatic heterocycles. The number of piperidine rings is 1. The lowest BCUT2D eigenvalue weighted by molar-refractivity contribution is -0.119. The molecule has 1 rings (SSSR count). The molecule has 0 aromatic rings. The Bertz CT molecular complexity index is 206. The van der Waals surface area contributed by atoms with Crippen LogP contribution in [0, 0.1) is 5.92 Å². The van der Waals surface area contributed by atoms with Crippen molar-refractivity contribution in [2.24, 2.45) is 11.7 Å². The van der Waals surface area contributed by atoms with Crippen molar-refractivity contribution in [3.8, 4) is 0 Å². The molecule has 0 radical (unpaired) electrons. The van der Waals surface area contributed by atoms with Crippen molar-refractivity contribution in [3.05, 3.63) is 0 Å². The number of aliphatic hydroxyl groups excluding tert-OH is 1. The molecule has 1 heterocycles. The van der Waals surface area contributed by atoms with Crippen LogP contribution < -0.4 is 5.73 Å². The molecular formula is C10H19ClN2O2. The van der Waals surface area contributed by atoms with Crippen molar-refractivity contribution in [2.45, 2.75) is 25.4 Å². The molecule has 0 saturated carbocycles. The number of hydrogen-bond acceptors (Lipinski definition) is 3. The Morgan fingerprint density at radius 3 is 2.60 bits per heavy atom. The molecule has 0 aliphatic carbocycles. The van der Waals surface area contributed by atoms with E-state index in [9.17, 15) is 9.90 Å². The fraction of sp³-hybridized carbons (Fsp3) is 0.900. The van der Waals surface area contributed by atoms with Gasteiger partial charge in [-0.3, -0.25) is 4.79 Å². The number of carbonyl (C=O) groups is 1. The van der Waals surface area contributed by atoms with Gasteiger partial charge in [0.1, 0.15) is 0 Å². The van der Waals surface area contributed by atoms with Gasteiger partial charge in [-0.1, -0.05) is 0 Å². The second-order valence-corrected chi connectivity index (χ2v) is 4.53. The van der Waals surface area contributed by atoms with Crippen LogP contribution >= 0.6 is 11.6 Å². The zero-order chi connectivity index (χ0) is 11.3. The van der Waals surface area contributed by atoms with Crippen LogP contribution in [0.3, 0.4) is 0 Å². The molecule has 1 aliphatic rings. The molecule has 1 atom stereocenters. The molecule has 4 nitrogen and oxygen atoms in total. The maximum atomic E-state index is 10.7. The van der Waals surface area contributed by atoms with E-state index in [2.05, 4.69) is 4.90 Å². The molecule has 0 spiro atoms. The summed E-state index contributed by atoms with van der Waals surface area (Å²) in [7, 11) is 0. The number of halogens is 1. The molecule has 1 amide bonds. The molecule has 88 valence electrons. The van der Waals surface area contributed by atoms with E-state index in [0.29, 0.717) is 18.9 Å². The number of alkyl halides is 1. The van der Waals surface area contributed by atoms with E-state index < -0.39 is 6.10 Å². The lowest BCUT2D eigenvalue weighted by Gasteiger charge is -2.32. The van der Waals surface area contributed by atoms with Crippen molar-refractivity contribution < 1.29 is 9.90 Å². The van der Waals surface area contributed by atoms with E-state index in [1.165, 1.54) is 0 Å². The van der Waals surface area contributed by atoms with Crippen LogP contribution in [-0.2, 0) is 4.79 Å². The minimum Gasteiger partial charge on any atom is -0.391 e. The highest BCUT2D eigenvalue weighted by Gasteiger charge is 2.21. The van der Waals surface area contributed by atoms with Gasteiger partial charge in [-0.2, -0.15) is 0 Å². The maximum Gasteiger partial charge on any atom is 0.217 e. The summed E-state index contributed by atoms with van der Waals surface area (Å²) in [6, 6.07) is 0. The highest BCUT2D eigenvalue weighted by atomic mass is 35.5. The van der Waals surface area contributed by atoms with Gasteiger partial charge in [-0.15, -0.1) is 11.6 Å². The minimum absolute atomic E-state index is 0.214. The summed E-state index contributed by atoms with van der Waals surface area (Å²) < 4.78 is 0. The minimum atomic E-state index is -0.445. The summed E-state index contributed by atoms with van der Waals surface area (Å²) in [5.41, 5.74) is 5.15. The zero-order valence-electron chi connectivity index (χ0n) is 8.86. The Balaban J connectivity index is 2.20. The second kappa shape index (κ2) is 6.30. The topological polar surface area (TPSA) is 66.6 Å². The second-order valence-electron chi connectivity index (χ2n) is 4.22. The van der Waals surface area contributed by atoms with Gasteiger partial charge in [-0.05, 0) is 31.8 Å². The predicted molar refractivity (Wildman–Crippen MR) is 59.7 cm³/mol. The van der Waals surface area contributed by atoms with E-state index in [0.717, 1.165) is 25.9 Å². The van der Waals surface area contributed by atoms with Crippen LogP contribution in [0.1, 0.15) is 19.3 Å². The normalized spacial score (nSPS) is 21.5. The summed E-state index contributed by atoms with van der Waals surface area (Å²) in [6.07, 6.45) is 2.02. The Labute approximate surface area is 95.4 Å². The number of amides is 1. The summed E-state index contributed by atoms with van der Waals surface area (Å²) in [5, 5.41) is 9.37. The number of nitrogens with two attached hydrogens (primary N) is 1. The van der Waals surface area contributed by atoms with Crippen LogP contribution in [0.15, 0.2) is 0 Å². The van der Waals surface area contributed by atoms with E-state index in [-0.39, 0.29) is 11.8 Å². The highest BCUT2D eigenvalue weighted by Crippen LogP contribution is 2.20. The maximum absolute atomic E-state index is 10.7. The first kappa shape index (κ1) is 12.7. The number of nitrogens with zero attached hydrogens (tertiary/aromatic N) is 1. The first-order valence-electron chi connectivity index (χ1n) is 5.36. The van der Waals surface area contributed by atoms with Crippen molar-refractivity contribution in [1.29, 1.82) is 0 Å². The van der Waals surface area contributed by atoms with Crippen molar-refractivity contribution in [3.63, 3.8) is 0 Å². The van der Waals surface area contributed by atoms with Gasteiger partial charge < -0.3 is 15.7 Å². The van der Waals surface area contributed by atoms with Crippen molar-refractivity contribution in [2.75, 3.05) is 25.5 Å². The number of primary amides is 1. The summed E-state index contributed by atoms with van der Waals surface area (Å²) in [5.74, 6) is 0.488. The molecule has 15 heavy (non-hydrogen) atoms. The van der Waals surface area contributed by atoms with Gasteiger partial charge in [0.2, 0.25) is 5.91 Å². The number of hydrogen-bond donors (Lipinski definition) is 2. The number of rotatable bonds is 5. The molecule has 5 heteroatoms. The first-order chi connectivity index (χ1) is 7.11. The first-order valence-corrected chi connectivity index (χ1v) is 5.90. The molecular weight excluding hydrogens is 216 g/mol. The van der Waals surface area contributed by atoms with Crippen LogP contribution in [0.25, 0.3) is 0 Å². The third-order valence-corrected chi connectivity index (χ3v) is 3.20. The van der Waals surface area contributed by atoms with Gasteiger partial charge in [0.25, 0.3) is 0 Å². The van der Waals surface area contributed by atoms with Crippen LogP contribution in [0.2, 0.25) is 0 Å². The van der Waals surface area contributed by atoms with Gasteiger partial charge in [0, 0.05) is 18.8 Å². The Morgan fingerprint density at radius 1 is 1.53 bits per heavy atom. The lowest BCUT2D eigenvalue weighted by Crippen LogP contribution is -2.40. The molecule has 1 fully saturated rings. The smallest absolute Gasteiger partial charge is 0.217 e. The van der Waals surface area contributed by atoms with Crippen LogP contribution in [-0.4, -0.2) is 47.5 Å². The van der Waals surface area contributed by atoms with Crippen LogP contribution in [0.5, 0.6) is 0 Å². The fourth-order valence-electron chi connectivity index (χ4n) is 2.00. The van der Waals surface area contributed by atoms with Gasteiger partial charge in [0.05, 0.1) is 6.10 Å². The predicted octanol–water partition coefficient (Wildman–Crippen LogP) is 0.173. The third-order valence-electron chi connectivity index (χ3n) is 2.84. The van der Waals surface area contributed by atoms with E-state index in [1.807, 2.05) is 0 Å². The Hall–Kier alpha value is -0.320. The summed E-state index contributed by atoms with van der Waals surface area (Å²) in [4.78, 5) is 12.9. The van der Waals surface area contributed by atoms with Gasteiger partial charge in [-0.25, -0.2) is 0 Å². The van der Waals surface area contributed by atoms with Crippen molar-refractivity contribution >= 4 is 17.5 Å². The summed E-state index contributed by atoms with van der Waals surface area (Å²) >= 11 is 5.53. The molecule has 3 N–H and O–H groups in total. The average Bonchev–Trinajstić information content (AvgIpc) is 2.20. The number of β-amino-alcohol motifs (C(OH)–C–C–N with tert-alkyl or cyclic N) is 1. The number of aliphatic hydroxyl groups is 1. The quantitative estimate of drug-likeness (QED) is 0.667. The number of likely N-dealkylation sites (tertiary alicyclic amines) is 1. The third kappa shape index (κ3) is 4.82. The SMILES string of the molecule is NC(=O)CC1CCN(CC(O)CCl)CC1. The van der Waals surface area contributed by atoms with Gasteiger partial charge >= 0.3 is 0 Å². The van der Waals surface area contributed by atoms with Crippen LogP contribution in [0.4, 0.5) is 0 Å². The molecule has 1 aliphatic heterocycles. The van der Waals surface area contributed by atoms with Gasteiger partial charge in [0.15, 0.2) is 0 Å².